The third-order valence-electron chi connectivity index (χ3n) is 8.99. The summed E-state index contributed by atoms with van der Waals surface area (Å²) in [5.41, 5.74) is 0. The Morgan fingerprint density at radius 1 is 0.510 bits per heavy atom. The van der Waals surface area contributed by atoms with Crippen LogP contribution in [0.4, 0.5) is 0 Å². The smallest absolute Gasteiger partial charge is 0.217 e. The van der Waals surface area contributed by atoms with Gasteiger partial charge >= 0.3 is 0 Å². The molecular weight excluding hydrogens is 700 g/mol. The molecule has 23 nitrogen and oxygen atoms in total. The van der Waals surface area contributed by atoms with E-state index < -0.39 is 161 Å². The van der Waals surface area contributed by atoms with E-state index >= 15 is 0 Å². The first-order valence-electron chi connectivity index (χ1n) is 16.1. The number of carbonyl (C=O) groups excluding carboxylic acids is 2. The molecule has 0 spiro atoms. The van der Waals surface area contributed by atoms with Gasteiger partial charge in [-0.1, -0.05) is 0 Å². The van der Waals surface area contributed by atoms with Crippen LogP contribution in [0.1, 0.15) is 13.8 Å². The Kier molecular flexibility index (Phi) is 14.8. The van der Waals surface area contributed by atoms with Crippen LogP contribution in [-0.2, 0) is 42.7 Å². The Hall–Kier alpha value is -1.82. The molecular formula is C28H48N2O21. The third kappa shape index (κ3) is 9.29. The average Bonchev–Trinajstić information content (AvgIpc) is 3.08. The van der Waals surface area contributed by atoms with Gasteiger partial charge in [0.25, 0.3) is 0 Å². The van der Waals surface area contributed by atoms with Gasteiger partial charge in [0.1, 0.15) is 97.5 Å². The predicted octanol–water partition coefficient (Wildman–Crippen LogP) is -9.46. The van der Waals surface area contributed by atoms with E-state index in [4.69, 9.17) is 33.2 Å². The van der Waals surface area contributed by atoms with Crippen LogP contribution in [0.5, 0.6) is 0 Å². The highest BCUT2D eigenvalue weighted by molar-refractivity contribution is 5.73. The molecule has 3 unspecified atom stereocenters. The molecule has 4 saturated heterocycles. The minimum absolute atomic E-state index is 0.703. The number of rotatable bonds is 12. The molecule has 2 amide bonds. The van der Waals surface area contributed by atoms with Crippen molar-refractivity contribution in [1.82, 2.24) is 10.6 Å². The quantitative estimate of drug-likeness (QED) is 0.0881. The van der Waals surface area contributed by atoms with Crippen molar-refractivity contribution in [3.8, 4) is 0 Å². The lowest BCUT2D eigenvalue weighted by Crippen LogP contribution is -2.69. The van der Waals surface area contributed by atoms with E-state index in [9.17, 15) is 70.9 Å². The molecule has 0 aromatic rings. The van der Waals surface area contributed by atoms with Gasteiger partial charge in [-0.15, -0.1) is 0 Å². The third-order valence-corrected chi connectivity index (χ3v) is 8.99. The highest BCUT2D eigenvalue weighted by atomic mass is 16.7. The van der Waals surface area contributed by atoms with E-state index in [0.29, 0.717) is 0 Å². The summed E-state index contributed by atoms with van der Waals surface area (Å²) in [6, 6.07) is -3.01. The fourth-order valence-corrected chi connectivity index (χ4v) is 6.25. The van der Waals surface area contributed by atoms with Crippen molar-refractivity contribution < 1.29 is 104 Å². The Labute approximate surface area is 289 Å². The predicted molar refractivity (Wildman–Crippen MR) is 157 cm³/mol. The Bertz CT molecular complexity index is 1140. The summed E-state index contributed by atoms with van der Waals surface area (Å²) in [5.74, 6) is -1.41. The molecule has 4 rings (SSSR count). The van der Waals surface area contributed by atoms with Crippen molar-refractivity contribution in [3.63, 3.8) is 0 Å². The maximum absolute atomic E-state index is 12.1. The van der Waals surface area contributed by atoms with Gasteiger partial charge in [0.2, 0.25) is 11.8 Å². The van der Waals surface area contributed by atoms with Crippen LogP contribution in [0.3, 0.4) is 0 Å². The maximum Gasteiger partial charge on any atom is 0.217 e. The van der Waals surface area contributed by atoms with Crippen molar-refractivity contribution in [1.29, 1.82) is 0 Å². The van der Waals surface area contributed by atoms with Crippen LogP contribution in [0, 0.1) is 0 Å². The highest BCUT2D eigenvalue weighted by Gasteiger charge is 2.54. The van der Waals surface area contributed by atoms with E-state index in [1.165, 1.54) is 0 Å². The molecule has 51 heavy (non-hydrogen) atoms. The van der Waals surface area contributed by atoms with E-state index in [2.05, 4.69) is 10.6 Å². The Balaban J connectivity index is 1.51. The summed E-state index contributed by atoms with van der Waals surface area (Å²) >= 11 is 0. The number of aliphatic hydroxyl groups excluding tert-OH is 12. The molecule has 0 saturated carbocycles. The highest BCUT2D eigenvalue weighted by Crippen LogP contribution is 2.32. The normalized spacial score (nSPS) is 47.8. The molecule has 0 aliphatic carbocycles. The van der Waals surface area contributed by atoms with Gasteiger partial charge in [-0.2, -0.15) is 0 Å². The summed E-state index contributed by atoms with van der Waals surface area (Å²) in [6.07, 6.45) is -30.8. The van der Waals surface area contributed by atoms with Gasteiger partial charge in [0.15, 0.2) is 25.2 Å². The van der Waals surface area contributed by atoms with Crippen LogP contribution in [0.25, 0.3) is 0 Å². The van der Waals surface area contributed by atoms with Crippen LogP contribution < -0.4 is 10.6 Å². The summed E-state index contributed by atoms with van der Waals surface area (Å²) in [5, 5.41) is 129. The zero-order valence-corrected chi connectivity index (χ0v) is 27.4. The molecule has 0 bridgehead atoms. The number of ether oxygens (including phenoxy) is 7. The SMILES string of the molecule is CC(=O)N[C@@H]1[C@@H](OC2O[C@H](CO)[C@H](O)[C@H](O)[C@H]2O)[C@@H](O)[C@@H](COC2O[C@H](CO)[C@@H](OC3O[C@H](CO)[C@H](O)[C@H](O)[C@H]3O)[C@H](O)[C@H]2NC(C)=O)O[C@@H]1O. The van der Waals surface area contributed by atoms with Crippen molar-refractivity contribution in [2.24, 2.45) is 0 Å². The molecule has 296 valence electrons. The van der Waals surface area contributed by atoms with Gasteiger partial charge in [-0.05, 0) is 0 Å². The van der Waals surface area contributed by atoms with Gasteiger partial charge in [-0.25, -0.2) is 0 Å². The topological polar surface area (TPSA) is 366 Å². The lowest BCUT2D eigenvalue weighted by atomic mass is 9.94. The molecule has 4 aliphatic rings. The average molecular weight is 749 g/mol. The van der Waals surface area contributed by atoms with E-state index in [1.54, 1.807) is 0 Å². The molecule has 20 atom stereocenters. The Morgan fingerprint density at radius 3 is 1.43 bits per heavy atom. The fourth-order valence-electron chi connectivity index (χ4n) is 6.25. The number of amides is 2. The summed E-state index contributed by atoms with van der Waals surface area (Å²) < 4.78 is 39.0. The van der Waals surface area contributed by atoms with Crippen molar-refractivity contribution in [2.75, 3.05) is 26.4 Å². The van der Waals surface area contributed by atoms with Crippen molar-refractivity contribution in [3.05, 3.63) is 0 Å². The summed E-state index contributed by atoms with van der Waals surface area (Å²) in [6.45, 7) is -0.987. The first-order chi connectivity index (χ1) is 24.0. The van der Waals surface area contributed by atoms with Crippen molar-refractivity contribution >= 4 is 11.8 Å². The zero-order valence-electron chi connectivity index (χ0n) is 27.4. The maximum atomic E-state index is 12.1. The van der Waals surface area contributed by atoms with Crippen molar-refractivity contribution in [2.45, 2.75) is 137 Å². The molecule has 14 N–H and O–H groups in total. The van der Waals surface area contributed by atoms with Gasteiger partial charge < -0.3 is 105 Å². The van der Waals surface area contributed by atoms with Gasteiger partial charge in [-0.3, -0.25) is 9.59 Å². The molecule has 4 heterocycles. The number of hydrogen-bond donors (Lipinski definition) is 14. The number of carbonyl (C=O) groups is 2. The largest absolute Gasteiger partial charge is 0.394 e. The fraction of sp³-hybridized carbons (Fsp3) is 0.929. The summed E-state index contributed by atoms with van der Waals surface area (Å²) in [7, 11) is 0. The summed E-state index contributed by atoms with van der Waals surface area (Å²) in [4.78, 5) is 24.1. The lowest BCUT2D eigenvalue weighted by molar-refractivity contribution is -0.356. The molecule has 0 aromatic carbocycles. The molecule has 4 aliphatic heterocycles. The second kappa shape index (κ2) is 18.0. The molecule has 23 heteroatoms. The molecule has 0 aromatic heterocycles. The van der Waals surface area contributed by atoms with E-state index in [1.807, 2.05) is 0 Å². The monoisotopic (exact) mass is 748 g/mol. The number of hydrogen-bond acceptors (Lipinski definition) is 21. The van der Waals surface area contributed by atoms with Crippen LogP contribution in [0.15, 0.2) is 0 Å². The second-order valence-corrected chi connectivity index (χ2v) is 12.7. The number of nitrogens with one attached hydrogen (secondary N) is 2. The van der Waals surface area contributed by atoms with E-state index in [0.717, 1.165) is 13.8 Å². The standard InChI is InChI=1S/C28H48N2O21/c1-7(34)29-13-18(39)23(50-27-21(42)19(40)15(36)9(3-31)47-27)11(5-33)49-26(13)45-6-12-17(38)24(14(25(44)46-12)30-8(2)35)51-28-22(43)20(41)16(37)10(4-32)48-28/h9-28,31-33,36-44H,3-6H2,1-2H3,(H,29,34)(H,30,35)/t9-,10-,11-,12-,13-,14-,15+,16+,17+,18-,19+,20+,21-,22-,23-,24-,25+,26?,27?,28?/m1/s1. The molecule has 4 fully saturated rings. The zero-order chi connectivity index (χ0) is 37.9. The van der Waals surface area contributed by atoms with Crippen LogP contribution in [-0.4, -0.2) is 222 Å². The van der Waals surface area contributed by atoms with Crippen LogP contribution >= 0.6 is 0 Å². The first kappa shape index (κ1) is 41.9. The minimum Gasteiger partial charge on any atom is -0.394 e. The first-order valence-corrected chi connectivity index (χ1v) is 16.1. The number of aliphatic hydroxyl groups is 12. The van der Waals surface area contributed by atoms with E-state index in [-0.39, 0.29) is 0 Å². The molecule has 0 radical (unpaired) electrons. The van der Waals surface area contributed by atoms with Gasteiger partial charge in [0.05, 0.1) is 26.4 Å². The minimum atomic E-state index is -1.92. The lowest BCUT2D eigenvalue weighted by Gasteiger charge is -2.48. The second-order valence-electron chi connectivity index (χ2n) is 12.7. The van der Waals surface area contributed by atoms with Crippen LogP contribution in [0.2, 0.25) is 0 Å². The van der Waals surface area contributed by atoms with Gasteiger partial charge in [0, 0.05) is 13.8 Å². The Morgan fingerprint density at radius 2 is 0.961 bits per heavy atom.